The number of carbonyl (C=O) groups excluding carboxylic acids is 2. The quantitative estimate of drug-likeness (QED) is 0.390. The Bertz CT molecular complexity index is 1230. The number of fused-ring (bicyclic) bond motifs is 1. The molecule has 0 fully saturated rings. The first-order valence-electron chi connectivity index (χ1n) is 9.36. The summed E-state index contributed by atoms with van der Waals surface area (Å²) in [5.74, 6) is -1.12. The van der Waals surface area contributed by atoms with Crippen molar-refractivity contribution in [3.8, 4) is 0 Å². The molecule has 0 amide bonds. The first-order valence-corrected chi connectivity index (χ1v) is 12.1. The monoisotopic (exact) mass is 476 g/mol. The van der Waals surface area contributed by atoms with Gasteiger partial charge >= 0.3 is 5.97 Å². The average molecular weight is 477 g/mol. The number of benzene rings is 2. The van der Waals surface area contributed by atoms with Crippen LogP contribution in [0.1, 0.15) is 34.8 Å². The minimum absolute atomic E-state index is 0.00954. The van der Waals surface area contributed by atoms with E-state index in [9.17, 15) is 18.0 Å². The number of hydrogen-bond acceptors (Lipinski definition) is 7. The van der Waals surface area contributed by atoms with Crippen molar-refractivity contribution >= 4 is 50.4 Å². The van der Waals surface area contributed by atoms with Crippen molar-refractivity contribution < 1.29 is 22.7 Å². The van der Waals surface area contributed by atoms with Gasteiger partial charge in [0, 0.05) is 28.6 Å². The summed E-state index contributed by atoms with van der Waals surface area (Å²) in [7, 11) is -4.17. The molecule has 0 bridgehead atoms. The van der Waals surface area contributed by atoms with Crippen LogP contribution in [-0.4, -0.2) is 31.2 Å². The van der Waals surface area contributed by atoms with Crippen LogP contribution >= 0.6 is 22.9 Å². The van der Waals surface area contributed by atoms with Gasteiger partial charge in [0.2, 0.25) is 5.78 Å². The molecule has 4 rings (SSSR count). The number of rotatable bonds is 6. The molecule has 2 atom stereocenters. The van der Waals surface area contributed by atoms with Gasteiger partial charge in [0.05, 0.1) is 10.6 Å². The van der Waals surface area contributed by atoms with E-state index in [2.05, 4.69) is 4.98 Å². The lowest BCUT2D eigenvalue weighted by Crippen LogP contribution is -2.45. The highest BCUT2D eigenvalue weighted by molar-refractivity contribution is 7.93. The molecule has 2 heterocycles. The SMILES string of the molecule is CCC(=O)OC1c2cc(Cl)ccc2N(S(=O)(=O)c2ccccc2)C1C(=O)c1nccs1. The maximum Gasteiger partial charge on any atom is 0.306 e. The van der Waals surface area contributed by atoms with E-state index >= 15 is 0 Å². The lowest BCUT2D eigenvalue weighted by molar-refractivity contribution is -0.149. The van der Waals surface area contributed by atoms with Crippen LogP contribution in [0.2, 0.25) is 5.02 Å². The van der Waals surface area contributed by atoms with Crippen LogP contribution in [0.15, 0.2) is 65.0 Å². The van der Waals surface area contributed by atoms with Gasteiger partial charge in [-0.05, 0) is 30.3 Å². The van der Waals surface area contributed by atoms with Crippen LogP contribution in [0, 0.1) is 0 Å². The van der Waals surface area contributed by atoms with Crippen LogP contribution in [0.25, 0.3) is 0 Å². The Morgan fingerprint density at radius 2 is 1.94 bits per heavy atom. The van der Waals surface area contributed by atoms with E-state index in [1.807, 2.05) is 0 Å². The highest BCUT2D eigenvalue weighted by Gasteiger charge is 2.51. The van der Waals surface area contributed by atoms with Gasteiger partial charge in [0.25, 0.3) is 10.0 Å². The number of anilines is 1. The first-order chi connectivity index (χ1) is 14.8. The number of nitrogens with zero attached hydrogens (tertiary/aromatic N) is 2. The number of ketones is 1. The summed E-state index contributed by atoms with van der Waals surface area (Å²) >= 11 is 7.25. The second-order valence-corrected chi connectivity index (χ2v) is 9.87. The summed E-state index contributed by atoms with van der Waals surface area (Å²) in [5, 5.41) is 2.07. The number of halogens is 1. The van der Waals surface area contributed by atoms with Crippen molar-refractivity contribution in [2.45, 2.75) is 30.4 Å². The molecule has 2 unspecified atom stereocenters. The van der Waals surface area contributed by atoms with E-state index < -0.39 is 33.9 Å². The van der Waals surface area contributed by atoms with Crippen LogP contribution < -0.4 is 4.31 Å². The molecule has 3 aromatic rings. The number of esters is 1. The number of aromatic nitrogens is 1. The second kappa shape index (κ2) is 8.41. The number of hydrogen-bond donors (Lipinski definition) is 0. The van der Waals surface area contributed by atoms with E-state index in [4.69, 9.17) is 16.3 Å². The van der Waals surface area contributed by atoms with Crippen molar-refractivity contribution in [1.82, 2.24) is 4.98 Å². The van der Waals surface area contributed by atoms with Crippen molar-refractivity contribution in [2.24, 2.45) is 0 Å². The molecule has 1 aliphatic rings. The largest absolute Gasteiger partial charge is 0.455 e. The lowest BCUT2D eigenvalue weighted by Gasteiger charge is -2.27. The number of thiazole rings is 1. The lowest BCUT2D eigenvalue weighted by atomic mass is 10.0. The van der Waals surface area contributed by atoms with Crippen LogP contribution in [-0.2, 0) is 19.6 Å². The maximum absolute atomic E-state index is 13.7. The smallest absolute Gasteiger partial charge is 0.306 e. The molecule has 10 heteroatoms. The summed E-state index contributed by atoms with van der Waals surface area (Å²) in [4.78, 5) is 29.7. The van der Waals surface area contributed by atoms with E-state index in [1.54, 1.807) is 30.5 Å². The zero-order valence-electron chi connectivity index (χ0n) is 16.3. The molecule has 1 aliphatic heterocycles. The Balaban J connectivity index is 1.94. The van der Waals surface area contributed by atoms with Crippen molar-refractivity contribution in [2.75, 3.05) is 4.31 Å². The zero-order chi connectivity index (χ0) is 22.2. The fourth-order valence-corrected chi connectivity index (χ4v) is 5.90. The van der Waals surface area contributed by atoms with Gasteiger partial charge in [-0.2, -0.15) is 0 Å². The van der Waals surface area contributed by atoms with Crippen LogP contribution in [0.3, 0.4) is 0 Å². The molecule has 0 saturated heterocycles. The highest BCUT2D eigenvalue weighted by Crippen LogP contribution is 2.47. The normalized spacial score (nSPS) is 17.9. The molecule has 31 heavy (non-hydrogen) atoms. The summed E-state index contributed by atoms with van der Waals surface area (Å²) in [6.07, 6.45) is 0.367. The predicted octanol–water partition coefficient (Wildman–Crippen LogP) is 4.25. The minimum Gasteiger partial charge on any atom is -0.455 e. The third-order valence-electron chi connectivity index (χ3n) is 4.83. The standard InChI is InChI=1S/C21H17ClN2O5S2/c1-2-17(25)29-20-15-12-13(22)8-9-16(15)24(18(20)19(26)21-23-10-11-30-21)31(27,28)14-6-4-3-5-7-14/h3-12,18,20H,2H2,1H3. The molecule has 0 aliphatic carbocycles. The summed E-state index contributed by atoms with van der Waals surface area (Å²) < 4.78 is 33.9. The summed E-state index contributed by atoms with van der Waals surface area (Å²) in [6.45, 7) is 1.62. The maximum atomic E-state index is 13.7. The Morgan fingerprint density at radius 1 is 1.19 bits per heavy atom. The fourth-order valence-electron chi connectivity index (χ4n) is 3.45. The molecule has 0 saturated carbocycles. The molecule has 160 valence electrons. The predicted molar refractivity (Wildman–Crippen MR) is 117 cm³/mol. The third kappa shape index (κ3) is 3.84. The molecular weight excluding hydrogens is 460 g/mol. The van der Waals surface area contributed by atoms with Gasteiger partial charge in [0.15, 0.2) is 17.2 Å². The van der Waals surface area contributed by atoms with Crippen molar-refractivity contribution in [3.63, 3.8) is 0 Å². The van der Waals surface area contributed by atoms with Gasteiger partial charge in [-0.15, -0.1) is 11.3 Å². The fraction of sp³-hybridized carbons (Fsp3) is 0.190. The minimum atomic E-state index is -4.17. The van der Waals surface area contributed by atoms with Crippen molar-refractivity contribution in [1.29, 1.82) is 0 Å². The van der Waals surface area contributed by atoms with E-state index in [0.717, 1.165) is 15.6 Å². The first kappa shape index (κ1) is 21.5. The van der Waals surface area contributed by atoms with Crippen LogP contribution in [0.5, 0.6) is 0 Å². The van der Waals surface area contributed by atoms with E-state index in [0.29, 0.717) is 10.6 Å². The summed E-state index contributed by atoms with van der Waals surface area (Å²) in [5.41, 5.74) is 0.584. The van der Waals surface area contributed by atoms with Gasteiger partial charge in [-0.3, -0.25) is 13.9 Å². The molecule has 0 radical (unpaired) electrons. The highest BCUT2D eigenvalue weighted by atomic mass is 35.5. The zero-order valence-corrected chi connectivity index (χ0v) is 18.7. The van der Waals surface area contributed by atoms with Gasteiger partial charge < -0.3 is 4.74 Å². The van der Waals surface area contributed by atoms with E-state index in [-0.39, 0.29) is 22.0 Å². The molecule has 2 aromatic carbocycles. The topological polar surface area (TPSA) is 93.6 Å². The number of Topliss-reactive ketones (excluding diaryl/α,β-unsaturated/α-hetero) is 1. The number of ether oxygens (including phenoxy) is 1. The Hall–Kier alpha value is -2.75. The number of sulfonamides is 1. The van der Waals surface area contributed by atoms with Crippen molar-refractivity contribution in [3.05, 3.63) is 75.7 Å². The number of carbonyl (C=O) groups is 2. The molecule has 1 aromatic heterocycles. The Morgan fingerprint density at radius 3 is 2.58 bits per heavy atom. The van der Waals surface area contributed by atoms with E-state index in [1.165, 1.54) is 36.5 Å². The molecule has 0 spiro atoms. The molecule has 0 N–H and O–H groups in total. The van der Waals surface area contributed by atoms with Gasteiger partial charge in [-0.1, -0.05) is 36.7 Å². The Labute approximate surface area is 188 Å². The Kier molecular flexibility index (Phi) is 5.83. The summed E-state index contributed by atoms with van der Waals surface area (Å²) in [6, 6.07) is 11.0. The van der Waals surface area contributed by atoms with Gasteiger partial charge in [0.1, 0.15) is 0 Å². The van der Waals surface area contributed by atoms with Crippen LogP contribution in [0.4, 0.5) is 5.69 Å². The second-order valence-electron chi connectivity index (χ2n) is 6.73. The molecule has 7 nitrogen and oxygen atoms in total. The third-order valence-corrected chi connectivity index (χ3v) is 7.66. The average Bonchev–Trinajstić information content (AvgIpc) is 3.41. The van der Waals surface area contributed by atoms with Gasteiger partial charge in [-0.25, -0.2) is 13.4 Å². The molecular formula is C21H17ClN2O5S2.